The molecule has 0 saturated heterocycles. The molecule has 0 fully saturated rings. The monoisotopic (exact) mass is 488 g/mol. The number of aryl methyl sites for hydroxylation is 2. The molecule has 8 heteroatoms. The summed E-state index contributed by atoms with van der Waals surface area (Å²) in [6.07, 6.45) is 0. The van der Waals surface area contributed by atoms with Gasteiger partial charge in [0.15, 0.2) is 17.5 Å². The molecule has 1 aromatic heterocycles. The summed E-state index contributed by atoms with van der Waals surface area (Å²) < 4.78 is 10.8. The van der Waals surface area contributed by atoms with Crippen LogP contribution in [0.3, 0.4) is 0 Å². The summed E-state index contributed by atoms with van der Waals surface area (Å²) in [5, 5.41) is 4.39. The van der Waals surface area contributed by atoms with Crippen molar-refractivity contribution in [3.05, 3.63) is 39.3 Å². The second-order valence-corrected chi connectivity index (χ2v) is 7.25. The standard InChI is InChI=1S/C18H24N4O2S.HI/c1-5-19-18(20-9-17-21-12(2)13(3)25-17)22(4)10-14-6-7-15-16(8-14)24-11-23-15;/h6-8H,5,9-11H2,1-4H3,(H,19,20);1H. The number of halogens is 1. The molecule has 26 heavy (non-hydrogen) atoms. The highest BCUT2D eigenvalue weighted by Gasteiger charge is 2.15. The lowest BCUT2D eigenvalue weighted by Gasteiger charge is -2.22. The van der Waals surface area contributed by atoms with E-state index >= 15 is 0 Å². The maximum absolute atomic E-state index is 5.45. The van der Waals surface area contributed by atoms with E-state index in [1.54, 1.807) is 11.3 Å². The van der Waals surface area contributed by atoms with Crippen molar-refractivity contribution >= 4 is 41.3 Å². The Hall–Kier alpha value is -1.55. The third-order valence-corrected chi connectivity index (χ3v) is 5.05. The Morgan fingerprint density at radius 3 is 2.77 bits per heavy atom. The number of hydrogen-bond acceptors (Lipinski definition) is 5. The first-order valence-corrected chi connectivity index (χ1v) is 9.19. The molecule has 0 amide bonds. The van der Waals surface area contributed by atoms with Gasteiger partial charge in [0.25, 0.3) is 0 Å². The highest BCUT2D eigenvalue weighted by molar-refractivity contribution is 14.0. The molecule has 2 heterocycles. The first kappa shape index (κ1) is 20.8. The molecule has 142 valence electrons. The molecule has 0 aliphatic carbocycles. The molecular formula is C18H25IN4O2S. The van der Waals surface area contributed by atoms with Crippen LogP contribution < -0.4 is 14.8 Å². The Kier molecular flexibility index (Phi) is 7.51. The fourth-order valence-corrected chi connectivity index (χ4v) is 3.47. The molecule has 1 N–H and O–H groups in total. The van der Waals surface area contributed by atoms with Crippen molar-refractivity contribution in [2.45, 2.75) is 33.9 Å². The van der Waals surface area contributed by atoms with Gasteiger partial charge in [0.05, 0.1) is 12.2 Å². The lowest BCUT2D eigenvalue weighted by molar-refractivity contribution is 0.174. The van der Waals surface area contributed by atoms with Gasteiger partial charge in [-0.15, -0.1) is 35.3 Å². The van der Waals surface area contributed by atoms with E-state index < -0.39 is 0 Å². The normalized spacial score (nSPS) is 12.7. The minimum Gasteiger partial charge on any atom is -0.454 e. The smallest absolute Gasteiger partial charge is 0.231 e. The maximum atomic E-state index is 5.45. The molecule has 0 bridgehead atoms. The van der Waals surface area contributed by atoms with Crippen molar-refractivity contribution in [3.8, 4) is 11.5 Å². The van der Waals surface area contributed by atoms with Crippen LogP contribution in [-0.4, -0.2) is 36.2 Å². The van der Waals surface area contributed by atoms with Crippen LogP contribution in [0, 0.1) is 13.8 Å². The minimum atomic E-state index is 0. The van der Waals surface area contributed by atoms with Crippen molar-refractivity contribution in [1.82, 2.24) is 15.2 Å². The molecule has 1 aromatic carbocycles. The number of ether oxygens (including phenoxy) is 2. The van der Waals surface area contributed by atoms with Gasteiger partial charge in [0.2, 0.25) is 6.79 Å². The first-order valence-electron chi connectivity index (χ1n) is 8.37. The molecule has 3 rings (SSSR count). The number of aromatic nitrogens is 1. The number of aliphatic imine (C=N–C) groups is 1. The largest absolute Gasteiger partial charge is 0.454 e. The molecular weight excluding hydrogens is 463 g/mol. The Morgan fingerprint density at radius 1 is 1.31 bits per heavy atom. The van der Waals surface area contributed by atoms with Crippen LogP contribution >= 0.6 is 35.3 Å². The van der Waals surface area contributed by atoms with E-state index in [4.69, 9.17) is 14.5 Å². The van der Waals surface area contributed by atoms with Gasteiger partial charge in [-0.1, -0.05) is 6.07 Å². The summed E-state index contributed by atoms with van der Waals surface area (Å²) in [6, 6.07) is 6.04. The van der Waals surface area contributed by atoms with Crippen molar-refractivity contribution in [1.29, 1.82) is 0 Å². The van der Waals surface area contributed by atoms with E-state index in [2.05, 4.69) is 35.1 Å². The average Bonchev–Trinajstić information content (AvgIpc) is 3.17. The van der Waals surface area contributed by atoms with Crippen LogP contribution in [0.15, 0.2) is 23.2 Å². The Bertz CT molecular complexity index is 759. The molecule has 6 nitrogen and oxygen atoms in total. The number of benzene rings is 1. The van der Waals surface area contributed by atoms with Gasteiger partial charge in [-0.3, -0.25) is 0 Å². The Balaban J connectivity index is 0.00000243. The maximum Gasteiger partial charge on any atom is 0.231 e. The summed E-state index contributed by atoms with van der Waals surface area (Å²) in [4.78, 5) is 12.6. The van der Waals surface area contributed by atoms with Crippen LogP contribution in [0.1, 0.15) is 28.1 Å². The van der Waals surface area contributed by atoms with E-state index in [0.717, 1.165) is 46.8 Å². The summed E-state index contributed by atoms with van der Waals surface area (Å²) in [5.74, 6) is 2.48. The third kappa shape index (κ3) is 5.00. The van der Waals surface area contributed by atoms with Gasteiger partial charge < -0.3 is 19.7 Å². The molecule has 2 aromatic rings. The number of nitrogens with one attached hydrogen (secondary N) is 1. The van der Waals surface area contributed by atoms with Crippen molar-refractivity contribution in [3.63, 3.8) is 0 Å². The first-order chi connectivity index (χ1) is 12.1. The Morgan fingerprint density at radius 2 is 2.08 bits per heavy atom. The van der Waals surface area contributed by atoms with Gasteiger partial charge in [-0.05, 0) is 38.5 Å². The molecule has 0 spiro atoms. The predicted octanol–water partition coefficient (Wildman–Crippen LogP) is 3.70. The third-order valence-electron chi connectivity index (χ3n) is 3.99. The highest BCUT2D eigenvalue weighted by atomic mass is 127. The average molecular weight is 488 g/mol. The van der Waals surface area contributed by atoms with Gasteiger partial charge in [0.1, 0.15) is 5.01 Å². The van der Waals surface area contributed by atoms with E-state index in [1.165, 1.54) is 4.88 Å². The van der Waals surface area contributed by atoms with Crippen LogP contribution in [0.25, 0.3) is 0 Å². The molecule has 1 aliphatic rings. The lowest BCUT2D eigenvalue weighted by Crippen LogP contribution is -2.38. The molecule has 0 atom stereocenters. The van der Waals surface area contributed by atoms with Gasteiger partial charge >= 0.3 is 0 Å². The second-order valence-electron chi connectivity index (χ2n) is 5.96. The molecule has 0 unspecified atom stereocenters. The number of rotatable bonds is 5. The van der Waals surface area contributed by atoms with Gasteiger partial charge in [0, 0.05) is 25.0 Å². The lowest BCUT2D eigenvalue weighted by atomic mass is 10.2. The van der Waals surface area contributed by atoms with Crippen molar-refractivity contribution in [2.24, 2.45) is 4.99 Å². The SMILES string of the molecule is CCNC(=NCc1nc(C)c(C)s1)N(C)Cc1ccc2c(c1)OCO2.I. The van der Waals surface area contributed by atoms with E-state index in [-0.39, 0.29) is 24.0 Å². The topological polar surface area (TPSA) is 59.0 Å². The van der Waals surface area contributed by atoms with E-state index in [9.17, 15) is 0 Å². The van der Waals surface area contributed by atoms with Gasteiger partial charge in [-0.25, -0.2) is 9.98 Å². The van der Waals surface area contributed by atoms with Gasteiger partial charge in [-0.2, -0.15) is 0 Å². The van der Waals surface area contributed by atoms with Crippen LogP contribution in [-0.2, 0) is 13.1 Å². The highest BCUT2D eigenvalue weighted by Crippen LogP contribution is 2.32. The summed E-state index contributed by atoms with van der Waals surface area (Å²) in [6.45, 7) is 8.64. The second kappa shape index (κ2) is 9.40. The molecule has 1 aliphatic heterocycles. The van der Waals surface area contributed by atoms with E-state index in [0.29, 0.717) is 13.3 Å². The molecule has 0 radical (unpaired) electrons. The fraction of sp³-hybridized carbons (Fsp3) is 0.444. The molecule has 0 saturated carbocycles. The fourth-order valence-electron chi connectivity index (χ4n) is 2.61. The predicted molar refractivity (Wildman–Crippen MR) is 116 cm³/mol. The quantitative estimate of drug-likeness (QED) is 0.395. The zero-order valence-electron chi connectivity index (χ0n) is 15.5. The number of nitrogens with zero attached hydrogens (tertiary/aromatic N) is 3. The van der Waals surface area contributed by atoms with Crippen molar-refractivity contribution in [2.75, 3.05) is 20.4 Å². The van der Waals surface area contributed by atoms with Crippen LogP contribution in [0.2, 0.25) is 0 Å². The van der Waals surface area contributed by atoms with Crippen molar-refractivity contribution < 1.29 is 9.47 Å². The van der Waals surface area contributed by atoms with E-state index in [1.807, 2.05) is 26.1 Å². The van der Waals surface area contributed by atoms with Crippen LogP contribution in [0.5, 0.6) is 11.5 Å². The zero-order valence-corrected chi connectivity index (χ0v) is 18.7. The number of guanidine groups is 1. The minimum absolute atomic E-state index is 0. The number of fused-ring (bicyclic) bond motifs is 1. The number of hydrogen-bond donors (Lipinski definition) is 1. The Labute approximate surface area is 175 Å². The summed E-state index contributed by atoms with van der Waals surface area (Å²) in [5.41, 5.74) is 2.24. The summed E-state index contributed by atoms with van der Waals surface area (Å²) in [7, 11) is 2.03. The zero-order chi connectivity index (χ0) is 17.8. The van der Waals surface area contributed by atoms with Crippen LogP contribution in [0.4, 0.5) is 0 Å². The summed E-state index contributed by atoms with van der Waals surface area (Å²) >= 11 is 1.71. The number of thiazole rings is 1.